The molecule has 0 unspecified atom stereocenters. The third-order valence-electron chi connectivity index (χ3n) is 2.29. The highest BCUT2D eigenvalue weighted by Gasteiger charge is 1.97. The highest BCUT2D eigenvalue weighted by atomic mass is 16.5. The van der Waals surface area contributed by atoms with Gasteiger partial charge >= 0.3 is 0 Å². The largest absolute Gasteiger partial charge is 0.377 e. The summed E-state index contributed by atoms with van der Waals surface area (Å²) in [5, 5.41) is 3.16. The van der Waals surface area contributed by atoms with Crippen LogP contribution in [0.4, 0.5) is 5.82 Å². The molecule has 0 fully saturated rings. The molecule has 3 heteroatoms. The van der Waals surface area contributed by atoms with Crippen molar-refractivity contribution < 1.29 is 4.74 Å². The molecule has 90 valence electrons. The molecule has 1 heterocycles. The molecule has 16 heavy (non-hydrogen) atoms. The van der Waals surface area contributed by atoms with Crippen molar-refractivity contribution in [2.24, 2.45) is 5.92 Å². The van der Waals surface area contributed by atoms with Gasteiger partial charge in [0.25, 0.3) is 0 Å². The summed E-state index contributed by atoms with van der Waals surface area (Å²) in [6.07, 6.45) is 2.98. The minimum absolute atomic E-state index is 0.659. The number of hydrogen-bond acceptors (Lipinski definition) is 3. The summed E-state index contributed by atoms with van der Waals surface area (Å²) in [5.74, 6) is 1.63. The molecule has 0 aliphatic rings. The number of anilines is 1. The molecule has 0 atom stereocenters. The molecule has 0 amide bonds. The molecular weight excluding hydrogens is 200 g/mol. The molecule has 0 aliphatic heterocycles. The van der Waals surface area contributed by atoms with Gasteiger partial charge in [-0.2, -0.15) is 0 Å². The summed E-state index contributed by atoms with van der Waals surface area (Å²) in [7, 11) is 0. The molecule has 3 nitrogen and oxygen atoms in total. The molecular formula is C13H22N2O. The van der Waals surface area contributed by atoms with E-state index >= 15 is 0 Å². The van der Waals surface area contributed by atoms with Crippen LogP contribution >= 0.6 is 0 Å². The molecule has 0 spiro atoms. The van der Waals surface area contributed by atoms with Gasteiger partial charge in [-0.1, -0.05) is 19.9 Å². The number of ether oxygens (including phenoxy) is 1. The van der Waals surface area contributed by atoms with Gasteiger partial charge in [-0.05, 0) is 30.9 Å². The fourth-order valence-corrected chi connectivity index (χ4v) is 1.30. The van der Waals surface area contributed by atoms with Crippen molar-refractivity contribution in [3.63, 3.8) is 0 Å². The lowest BCUT2D eigenvalue weighted by Crippen LogP contribution is -2.01. The van der Waals surface area contributed by atoms with E-state index in [2.05, 4.69) is 37.1 Å². The van der Waals surface area contributed by atoms with Crippen LogP contribution in [0.2, 0.25) is 0 Å². The van der Waals surface area contributed by atoms with Crippen molar-refractivity contribution in [1.29, 1.82) is 0 Å². The number of hydrogen-bond donors (Lipinski definition) is 1. The Kier molecular flexibility index (Phi) is 5.86. The lowest BCUT2D eigenvalue weighted by molar-refractivity contribution is 0.110. The van der Waals surface area contributed by atoms with Gasteiger partial charge in [0.2, 0.25) is 0 Å². The predicted molar refractivity (Wildman–Crippen MR) is 67.5 cm³/mol. The van der Waals surface area contributed by atoms with Gasteiger partial charge in [0.15, 0.2) is 0 Å². The standard InChI is InChI=1S/C13H22N2O/c1-4-14-13-6-5-12(9-15-13)10-16-8-7-11(2)3/h5-6,9,11H,4,7-8,10H2,1-3H3,(H,14,15). The summed E-state index contributed by atoms with van der Waals surface area (Å²) in [4.78, 5) is 4.29. The number of aromatic nitrogens is 1. The zero-order chi connectivity index (χ0) is 11.8. The molecule has 0 saturated carbocycles. The maximum atomic E-state index is 5.57. The van der Waals surface area contributed by atoms with Crippen LogP contribution in [-0.2, 0) is 11.3 Å². The van der Waals surface area contributed by atoms with E-state index in [0.29, 0.717) is 12.5 Å². The third-order valence-corrected chi connectivity index (χ3v) is 2.29. The van der Waals surface area contributed by atoms with Gasteiger partial charge in [0, 0.05) is 19.3 Å². The average molecular weight is 222 g/mol. The Balaban J connectivity index is 2.26. The fraction of sp³-hybridized carbons (Fsp3) is 0.615. The molecule has 0 radical (unpaired) electrons. The summed E-state index contributed by atoms with van der Waals surface area (Å²) >= 11 is 0. The number of pyridine rings is 1. The maximum absolute atomic E-state index is 5.57. The molecule has 1 rings (SSSR count). The van der Waals surface area contributed by atoms with Crippen molar-refractivity contribution in [3.05, 3.63) is 23.9 Å². The highest BCUT2D eigenvalue weighted by molar-refractivity contribution is 5.34. The van der Waals surface area contributed by atoms with Gasteiger partial charge in [-0.15, -0.1) is 0 Å². The topological polar surface area (TPSA) is 34.1 Å². The first kappa shape index (κ1) is 13.0. The summed E-state index contributed by atoms with van der Waals surface area (Å²) in [5.41, 5.74) is 1.13. The van der Waals surface area contributed by atoms with E-state index in [-0.39, 0.29) is 0 Å². The van der Waals surface area contributed by atoms with Gasteiger partial charge in [0.1, 0.15) is 5.82 Å². The first-order valence-electron chi connectivity index (χ1n) is 5.99. The molecule has 0 aromatic carbocycles. The van der Waals surface area contributed by atoms with Gasteiger partial charge < -0.3 is 10.1 Å². The zero-order valence-corrected chi connectivity index (χ0v) is 10.5. The van der Waals surface area contributed by atoms with Crippen molar-refractivity contribution in [2.45, 2.75) is 33.8 Å². The second-order valence-corrected chi connectivity index (χ2v) is 4.32. The van der Waals surface area contributed by atoms with Crippen LogP contribution < -0.4 is 5.32 Å². The van der Waals surface area contributed by atoms with Crippen LogP contribution in [0.1, 0.15) is 32.8 Å². The zero-order valence-electron chi connectivity index (χ0n) is 10.5. The van der Waals surface area contributed by atoms with E-state index in [0.717, 1.165) is 31.0 Å². The van der Waals surface area contributed by atoms with Gasteiger partial charge in [-0.3, -0.25) is 0 Å². The van der Waals surface area contributed by atoms with E-state index in [1.165, 1.54) is 0 Å². The number of nitrogens with one attached hydrogen (secondary N) is 1. The first-order valence-corrected chi connectivity index (χ1v) is 5.99. The molecule has 1 aromatic heterocycles. The van der Waals surface area contributed by atoms with E-state index in [9.17, 15) is 0 Å². The Morgan fingerprint density at radius 2 is 2.19 bits per heavy atom. The Morgan fingerprint density at radius 3 is 2.75 bits per heavy atom. The minimum Gasteiger partial charge on any atom is -0.377 e. The van der Waals surface area contributed by atoms with Crippen molar-refractivity contribution in [2.75, 3.05) is 18.5 Å². The normalized spacial score (nSPS) is 10.8. The van der Waals surface area contributed by atoms with Crippen LogP contribution in [0.3, 0.4) is 0 Å². The Hall–Kier alpha value is -1.09. The van der Waals surface area contributed by atoms with Crippen molar-refractivity contribution in [1.82, 2.24) is 4.98 Å². The smallest absolute Gasteiger partial charge is 0.125 e. The molecule has 0 saturated heterocycles. The average Bonchev–Trinajstić information content (AvgIpc) is 2.27. The van der Waals surface area contributed by atoms with Crippen LogP contribution in [0.5, 0.6) is 0 Å². The first-order chi connectivity index (χ1) is 7.72. The SMILES string of the molecule is CCNc1ccc(COCCC(C)C)cn1. The van der Waals surface area contributed by atoms with E-state index in [1.54, 1.807) is 0 Å². The van der Waals surface area contributed by atoms with Crippen LogP contribution in [-0.4, -0.2) is 18.1 Å². The summed E-state index contributed by atoms with van der Waals surface area (Å²) < 4.78 is 5.57. The molecule has 1 N–H and O–H groups in total. The molecule has 1 aromatic rings. The highest BCUT2D eigenvalue weighted by Crippen LogP contribution is 2.07. The lowest BCUT2D eigenvalue weighted by Gasteiger charge is -2.07. The third kappa shape index (κ3) is 5.12. The summed E-state index contributed by atoms with van der Waals surface area (Å²) in [6, 6.07) is 4.05. The lowest BCUT2D eigenvalue weighted by atomic mass is 10.1. The minimum atomic E-state index is 0.659. The second-order valence-electron chi connectivity index (χ2n) is 4.32. The summed E-state index contributed by atoms with van der Waals surface area (Å²) in [6.45, 7) is 8.85. The Morgan fingerprint density at radius 1 is 1.38 bits per heavy atom. The number of rotatable bonds is 7. The van der Waals surface area contributed by atoms with Gasteiger partial charge in [0.05, 0.1) is 6.61 Å². The second kappa shape index (κ2) is 7.23. The monoisotopic (exact) mass is 222 g/mol. The predicted octanol–water partition coefficient (Wildman–Crippen LogP) is 3.08. The van der Waals surface area contributed by atoms with E-state index in [4.69, 9.17) is 4.74 Å². The van der Waals surface area contributed by atoms with Crippen LogP contribution in [0.25, 0.3) is 0 Å². The Bertz CT molecular complexity index is 282. The Labute approximate surface area is 98.2 Å². The quantitative estimate of drug-likeness (QED) is 0.720. The maximum Gasteiger partial charge on any atom is 0.125 e. The van der Waals surface area contributed by atoms with E-state index < -0.39 is 0 Å². The van der Waals surface area contributed by atoms with Crippen molar-refractivity contribution in [3.8, 4) is 0 Å². The fourth-order valence-electron chi connectivity index (χ4n) is 1.30. The molecule has 0 bridgehead atoms. The number of nitrogens with zero attached hydrogens (tertiary/aromatic N) is 1. The van der Waals surface area contributed by atoms with E-state index in [1.807, 2.05) is 12.3 Å². The van der Waals surface area contributed by atoms with Crippen molar-refractivity contribution >= 4 is 5.82 Å². The van der Waals surface area contributed by atoms with Crippen LogP contribution in [0.15, 0.2) is 18.3 Å². The van der Waals surface area contributed by atoms with Gasteiger partial charge in [-0.25, -0.2) is 4.98 Å². The van der Waals surface area contributed by atoms with Crippen LogP contribution in [0, 0.1) is 5.92 Å². The molecule has 0 aliphatic carbocycles.